The van der Waals surface area contributed by atoms with Gasteiger partial charge in [-0.25, -0.2) is 0 Å². The number of carbonyl (C=O) groups excluding carboxylic acids is 1. The summed E-state index contributed by atoms with van der Waals surface area (Å²) in [6, 6.07) is 9.76. The van der Waals surface area contributed by atoms with Crippen LogP contribution in [0.25, 0.3) is 0 Å². The van der Waals surface area contributed by atoms with Crippen molar-refractivity contribution in [2.24, 2.45) is 28.6 Å². The van der Waals surface area contributed by atoms with Crippen LogP contribution in [0.4, 0.5) is 0 Å². The van der Waals surface area contributed by atoms with E-state index in [-0.39, 0.29) is 28.6 Å². The molecule has 23 heavy (non-hydrogen) atoms. The number of fused-ring (bicyclic) bond motifs is 2. The van der Waals surface area contributed by atoms with Crippen LogP contribution in [0.5, 0.6) is 0 Å². The minimum Gasteiger partial charge on any atom is -0.469 e. The van der Waals surface area contributed by atoms with E-state index in [0.717, 1.165) is 18.4 Å². The fourth-order valence-electron chi connectivity index (χ4n) is 5.50. The van der Waals surface area contributed by atoms with E-state index >= 15 is 0 Å². The summed E-state index contributed by atoms with van der Waals surface area (Å²) >= 11 is 0. The number of benzene rings is 1. The normalized spacial score (nSPS) is 36.0. The van der Waals surface area contributed by atoms with Crippen molar-refractivity contribution in [3.63, 3.8) is 0 Å². The summed E-state index contributed by atoms with van der Waals surface area (Å²) in [5.74, 6) is 0.439. The van der Waals surface area contributed by atoms with E-state index < -0.39 is 6.10 Å². The molecule has 2 fully saturated rings. The SMILES string of the molecule is COC(=O)[C@@H]1[C@H](C[C@H](O)c2ccccc2)[C@H]2CC[C@]1(C)C2(C)C. The van der Waals surface area contributed by atoms with E-state index in [4.69, 9.17) is 4.74 Å². The van der Waals surface area contributed by atoms with Crippen LogP contribution in [-0.4, -0.2) is 18.2 Å². The molecule has 0 amide bonds. The van der Waals surface area contributed by atoms with Gasteiger partial charge in [-0.15, -0.1) is 0 Å². The molecule has 1 N–H and O–H groups in total. The van der Waals surface area contributed by atoms with Gasteiger partial charge in [-0.2, -0.15) is 0 Å². The molecule has 0 unspecified atom stereocenters. The zero-order valence-corrected chi connectivity index (χ0v) is 14.6. The third-order valence-corrected chi connectivity index (χ3v) is 7.14. The van der Waals surface area contributed by atoms with Crippen molar-refractivity contribution in [3.8, 4) is 0 Å². The van der Waals surface area contributed by atoms with Gasteiger partial charge in [-0.05, 0) is 47.5 Å². The molecule has 0 heterocycles. The summed E-state index contributed by atoms with van der Waals surface area (Å²) < 4.78 is 5.14. The first-order chi connectivity index (χ1) is 10.8. The molecule has 2 bridgehead atoms. The molecule has 0 spiro atoms. The minimum atomic E-state index is -0.521. The largest absolute Gasteiger partial charge is 0.469 e. The lowest BCUT2D eigenvalue weighted by molar-refractivity contribution is -0.153. The van der Waals surface area contributed by atoms with Crippen LogP contribution < -0.4 is 0 Å². The molecule has 0 aromatic heterocycles. The van der Waals surface area contributed by atoms with Crippen molar-refractivity contribution in [1.82, 2.24) is 0 Å². The smallest absolute Gasteiger partial charge is 0.309 e. The minimum absolute atomic E-state index is 0.0359. The lowest BCUT2D eigenvalue weighted by atomic mass is 9.65. The van der Waals surface area contributed by atoms with Crippen molar-refractivity contribution < 1.29 is 14.6 Å². The first-order valence-corrected chi connectivity index (χ1v) is 8.64. The first-order valence-electron chi connectivity index (χ1n) is 8.64. The van der Waals surface area contributed by atoms with Gasteiger partial charge >= 0.3 is 5.97 Å². The summed E-state index contributed by atoms with van der Waals surface area (Å²) in [7, 11) is 1.48. The van der Waals surface area contributed by atoms with Crippen LogP contribution in [0.1, 0.15) is 51.7 Å². The molecule has 126 valence electrons. The van der Waals surface area contributed by atoms with Crippen molar-refractivity contribution in [1.29, 1.82) is 0 Å². The number of rotatable bonds is 4. The lowest BCUT2D eigenvalue weighted by Crippen LogP contribution is -2.39. The van der Waals surface area contributed by atoms with E-state index in [0.29, 0.717) is 12.3 Å². The zero-order chi connectivity index (χ0) is 16.8. The Morgan fingerprint density at radius 2 is 1.96 bits per heavy atom. The number of ether oxygens (including phenoxy) is 1. The van der Waals surface area contributed by atoms with Crippen molar-refractivity contribution in [3.05, 3.63) is 35.9 Å². The number of aliphatic hydroxyl groups excluding tert-OH is 1. The highest BCUT2D eigenvalue weighted by Crippen LogP contribution is 2.71. The first kappa shape index (κ1) is 16.5. The maximum absolute atomic E-state index is 12.5. The summed E-state index contributed by atoms with van der Waals surface area (Å²) in [4.78, 5) is 12.5. The van der Waals surface area contributed by atoms with Crippen LogP contribution in [0, 0.1) is 28.6 Å². The lowest BCUT2D eigenvalue weighted by Gasteiger charge is -2.38. The molecule has 3 rings (SSSR count). The summed E-state index contributed by atoms with van der Waals surface area (Å²) in [5, 5.41) is 10.7. The van der Waals surface area contributed by atoms with Gasteiger partial charge in [0.15, 0.2) is 0 Å². The van der Waals surface area contributed by atoms with E-state index in [1.165, 1.54) is 7.11 Å². The predicted octanol–water partition coefficient (Wildman–Crippen LogP) is 3.97. The zero-order valence-electron chi connectivity index (χ0n) is 14.6. The van der Waals surface area contributed by atoms with Gasteiger partial charge in [0.05, 0.1) is 19.1 Å². The van der Waals surface area contributed by atoms with E-state index in [2.05, 4.69) is 20.8 Å². The highest BCUT2D eigenvalue weighted by Gasteiger charge is 2.68. The fourth-order valence-corrected chi connectivity index (χ4v) is 5.50. The van der Waals surface area contributed by atoms with Gasteiger partial charge in [0.25, 0.3) is 0 Å². The third-order valence-electron chi connectivity index (χ3n) is 7.14. The number of aliphatic hydroxyl groups is 1. The number of hydrogen-bond acceptors (Lipinski definition) is 3. The summed E-state index contributed by atoms with van der Waals surface area (Å²) in [5.41, 5.74) is 1.00. The van der Waals surface area contributed by atoms with Gasteiger partial charge in [0.2, 0.25) is 0 Å². The van der Waals surface area contributed by atoms with Crippen LogP contribution in [0.15, 0.2) is 30.3 Å². The Hall–Kier alpha value is -1.35. The number of methoxy groups -OCH3 is 1. The van der Waals surface area contributed by atoms with Crippen LogP contribution >= 0.6 is 0 Å². The van der Waals surface area contributed by atoms with Gasteiger partial charge < -0.3 is 9.84 Å². The molecular formula is C20H28O3. The molecule has 3 heteroatoms. The molecule has 1 aromatic carbocycles. The van der Waals surface area contributed by atoms with Gasteiger partial charge in [0.1, 0.15) is 0 Å². The summed E-state index contributed by atoms with van der Waals surface area (Å²) in [6.45, 7) is 6.81. The topological polar surface area (TPSA) is 46.5 Å². The second-order valence-corrected chi connectivity index (χ2v) is 8.11. The quantitative estimate of drug-likeness (QED) is 0.855. The van der Waals surface area contributed by atoms with Crippen LogP contribution in [-0.2, 0) is 9.53 Å². The third kappa shape index (κ3) is 2.32. The summed E-state index contributed by atoms with van der Waals surface area (Å²) in [6.07, 6.45) is 2.33. The van der Waals surface area contributed by atoms with Crippen molar-refractivity contribution in [2.45, 2.75) is 46.1 Å². The molecule has 0 aliphatic heterocycles. The van der Waals surface area contributed by atoms with Crippen LogP contribution in [0.3, 0.4) is 0 Å². The molecule has 2 saturated carbocycles. The fraction of sp³-hybridized carbons (Fsp3) is 0.650. The molecule has 1 aromatic rings. The van der Waals surface area contributed by atoms with Crippen LogP contribution in [0.2, 0.25) is 0 Å². The molecular weight excluding hydrogens is 288 g/mol. The number of hydrogen-bond donors (Lipinski definition) is 1. The number of carbonyl (C=O) groups is 1. The maximum Gasteiger partial charge on any atom is 0.309 e. The average Bonchev–Trinajstić information content (AvgIpc) is 2.86. The molecule has 0 saturated heterocycles. The Balaban J connectivity index is 1.90. The Morgan fingerprint density at radius 3 is 2.57 bits per heavy atom. The van der Waals surface area contributed by atoms with E-state index in [1.54, 1.807) is 0 Å². The molecule has 2 aliphatic carbocycles. The average molecular weight is 316 g/mol. The Bertz CT molecular complexity index is 580. The van der Waals surface area contributed by atoms with Gasteiger partial charge in [-0.3, -0.25) is 4.79 Å². The number of esters is 1. The molecule has 2 aliphatic rings. The second-order valence-electron chi connectivity index (χ2n) is 8.11. The Morgan fingerprint density at radius 1 is 1.30 bits per heavy atom. The highest BCUT2D eigenvalue weighted by atomic mass is 16.5. The molecule has 3 nitrogen and oxygen atoms in total. The monoisotopic (exact) mass is 316 g/mol. The van der Waals surface area contributed by atoms with Gasteiger partial charge in [0, 0.05) is 0 Å². The van der Waals surface area contributed by atoms with Crippen molar-refractivity contribution >= 4 is 5.97 Å². The Kier molecular flexibility index (Phi) is 4.04. The Labute approximate surface area is 139 Å². The highest BCUT2D eigenvalue weighted by molar-refractivity contribution is 5.75. The predicted molar refractivity (Wildman–Crippen MR) is 89.6 cm³/mol. The molecule has 0 radical (unpaired) electrons. The second kappa shape index (κ2) is 5.62. The van der Waals surface area contributed by atoms with E-state index in [9.17, 15) is 9.90 Å². The van der Waals surface area contributed by atoms with E-state index in [1.807, 2.05) is 30.3 Å². The standard InChI is InChI=1S/C20H28O3/c1-19(2)15-10-11-20(19,3)17(18(22)23-4)14(15)12-16(21)13-8-6-5-7-9-13/h5-9,14-17,21H,10-12H2,1-4H3/t14-,15-,16+,17+,20+/m1/s1. The maximum atomic E-state index is 12.5. The van der Waals surface area contributed by atoms with Crippen molar-refractivity contribution in [2.75, 3.05) is 7.11 Å². The van der Waals surface area contributed by atoms with Gasteiger partial charge in [-0.1, -0.05) is 51.1 Å². The molecule has 5 atom stereocenters.